The van der Waals surface area contributed by atoms with E-state index >= 15 is 0 Å². The summed E-state index contributed by atoms with van der Waals surface area (Å²) in [5.41, 5.74) is 4.19. The van der Waals surface area contributed by atoms with Crippen LogP contribution < -0.4 is 15.0 Å². The van der Waals surface area contributed by atoms with Gasteiger partial charge in [-0.2, -0.15) is 10.1 Å². The van der Waals surface area contributed by atoms with Crippen LogP contribution in [0, 0.1) is 20.8 Å². The van der Waals surface area contributed by atoms with E-state index in [1.165, 1.54) is 0 Å². The third-order valence-corrected chi connectivity index (χ3v) is 5.01. The molecule has 33 heavy (non-hydrogen) atoms. The van der Waals surface area contributed by atoms with Crippen LogP contribution in [0.15, 0.2) is 60.7 Å². The molecule has 4 rings (SSSR count). The van der Waals surface area contributed by atoms with E-state index in [9.17, 15) is 4.79 Å². The van der Waals surface area contributed by atoms with E-state index in [-0.39, 0.29) is 5.91 Å². The Bertz CT molecular complexity index is 1280. The molecule has 2 aromatic carbocycles. The predicted molar refractivity (Wildman–Crippen MR) is 129 cm³/mol. The Hall–Kier alpha value is -4.20. The van der Waals surface area contributed by atoms with Gasteiger partial charge >= 0.3 is 0 Å². The molecule has 0 saturated carbocycles. The van der Waals surface area contributed by atoms with Gasteiger partial charge in [0.1, 0.15) is 11.6 Å². The van der Waals surface area contributed by atoms with Crippen LogP contribution in [0.3, 0.4) is 0 Å². The Morgan fingerprint density at radius 1 is 0.939 bits per heavy atom. The lowest BCUT2D eigenvalue weighted by Gasteiger charge is -2.13. The third-order valence-electron chi connectivity index (χ3n) is 5.01. The zero-order valence-corrected chi connectivity index (χ0v) is 19.3. The van der Waals surface area contributed by atoms with Crippen molar-refractivity contribution in [3.05, 3.63) is 83.4 Å². The minimum absolute atomic E-state index is 0.171. The number of nitrogens with one attached hydrogen (secondary N) is 1. The Balaban J connectivity index is 1.45. The van der Waals surface area contributed by atoms with Crippen molar-refractivity contribution >= 4 is 17.3 Å². The molecule has 8 heteroatoms. The van der Waals surface area contributed by atoms with E-state index in [1.807, 2.05) is 58.0 Å². The Morgan fingerprint density at radius 2 is 1.64 bits per heavy atom. The molecule has 0 atom stereocenters. The van der Waals surface area contributed by atoms with E-state index in [1.54, 1.807) is 47.1 Å². The largest absolute Gasteiger partial charge is 0.439 e. The fraction of sp³-hybridized carbons (Fsp3) is 0.200. The average Bonchev–Trinajstić information content (AvgIpc) is 3.12. The first-order valence-electron chi connectivity index (χ1n) is 10.5. The molecule has 168 valence electrons. The van der Waals surface area contributed by atoms with Crippen LogP contribution in [-0.2, 0) is 0 Å². The van der Waals surface area contributed by atoms with Gasteiger partial charge in [-0.3, -0.25) is 4.79 Å². The second-order valence-corrected chi connectivity index (χ2v) is 7.97. The first-order chi connectivity index (χ1) is 15.8. The van der Waals surface area contributed by atoms with Gasteiger partial charge in [-0.1, -0.05) is 0 Å². The number of rotatable bonds is 6. The molecule has 2 heterocycles. The Morgan fingerprint density at radius 3 is 2.24 bits per heavy atom. The number of aryl methyl sites for hydroxylation is 3. The number of anilines is 2. The van der Waals surface area contributed by atoms with Gasteiger partial charge in [-0.05, 0) is 75.4 Å². The predicted octanol–water partition coefficient (Wildman–Crippen LogP) is 4.70. The van der Waals surface area contributed by atoms with Crippen LogP contribution in [0.2, 0.25) is 0 Å². The van der Waals surface area contributed by atoms with Crippen molar-refractivity contribution in [3.8, 4) is 17.4 Å². The summed E-state index contributed by atoms with van der Waals surface area (Å²) in [6.45, 7) is 5.72. The van der Waals surface area contributed by atoms with E-state index in [2.05, 4.69) is 20.4 Å². The summed E-state index contributed by atoms with van der Waals surface area (Å²) < 4.78 is 7.70. The normalized spacial score (nSPS) is 10.7. The van der Waals surface area contributed by atoms with Crippen LogP contribution >= 0.6 is 0 Å². The van der Waals surface area contributed by atoms with Crippen LogP contribution in [0.25, 0.3) is 5.82 Å². The van der Waals surface area contributed by atoms with Crippen molar-refractivity contribution in [3.63, 3.8) is 0 Å². The van der Waals surface area contributed by atoms with Gasteiger partial charge in [0.05, 0.1) is 5.69 Å². The van der Waals surface area contributed by atoms with Crippen molar-refractivity contribution in [2.24, 2.45) is 0 Å². The topological polar surface area (TPSA) is 85.2 Å². The van der Waals surface area contributed by atoms with Gasteiger partial charge in [0.15, 0.2) is 5.82 Å². The fourth-order valence-corrected chi connectivity index (χ4v) is 3.39. The maximum atomic E-state index is 12.5. The van der Waals surface area contributed by atoms with Crippen molar-refractivity contribution in [2.45, 2.75) is 20.8 Å². The van der Waals surface area contributed by atoms with Gasteiger partial charge in [0, 0.05) is 42.8 Å². The molecule has 0 radical (unpaired) electrons. The molecule has 0 bridgehead atoms. The first kappa shape index (κ1) is 22.0. The molecule has 0 aliphatic heterocycles. The minimum atomic E-state index is -0.171. The van der Waals surface area contributed by atoms with E-state index < -0.39 is 0 Å². The quantitative estimate of drug-likeness (QED) is 0.466. The summed E-state index contributed by atoms with van der Waals surface area (Å²) in [7, 11) is 3.92. The molecule has 0 aliphatic carbocycles. The summed E-state index contributed by atoms with van der Waals surface area (Å²) in [5, 5.41) is 7.38. The van der Waals surface area contributed by atoms with Gasteiger partial charge < -0.3 is 15.0 Å². The third kappa shape index (κ3) is 5.17. The number of carbonyl (C=O) groups excluding carboxylic acids is 1. The number of hydrogen-bond acceptors (Lipinski definition) is 6. The number of nitrogens with zero attached hydrogens (tertiary/aromatic N) is 5. The van der Waals surface area contributed by atoms with Crippen molar-refractivity contribution < 1.29 is 9.53 Å². The molecule has 8 nitrogen and oxygen atoms in total. The second kappa shape index (κ2) is 9.12. The molecule has 4 aromatic rings. The standard InChI is InChI=1S/C25H26N6O2/c1-16-14-17(2)31(29-16)23-15-24(27-18(3)26-23)33-22-12-8-20(9-13-22)28-25(32)19-6-10-21(11-7-19)30(4)5/h6-15H,1-5H3,(H,28,32). The highest BCUT2D eigenvalue weighted by atomic mass is 16.5. The highest BCUT2D eigenvalue weighted by Gasteiger charge is 2.11. The summed E-state index contributed by atoms with van der Waals surface area (Å²) in [4.78, 5) is 23.4. The molecule has 1 amide bonds. The molecular formula is C25H26N6O2. The molecule has 0 aliphatic rings. The lowest BCUT2D eigenvalue weighted by Crippen LogP contribution is -2.13. The van der Waals surface area contributed by atoms with Crippen LogP contribution in [-0.4, -0.2) is 39.8 Å². The maximum Gasteiger partial charge on any atom is 0.255 e. The average molecular weight is 443 g/mol. The van der Waals surface area contributed by atoms with Gasteiger partial charge in [-0.25, -0.2) is 9.67 Å². The van der Waals surface area contributed by atoms with Gasteiger partial charge in [0.2, 0.25) is 5.88 Å². The molecule has 0 spiro atoms. The number of carbonyl (C=O) groups is 1. The zero-order valence-electron chi connectivity index (χ0n) is 19.3. The van der Waals surface area contributed by atoms with Gasteiger partial charge in [-0.15, -0.1) is 0 Å². The zero-order chi connectivity index (χ0) is 23.5. The minimum Gasteiger partial charge on any atom is -0.439 e. The number of aromatic nitrogens is 4. The maximum absolute atomic E-state index is 12.5. The van der Waals surface area contributed by atoms with Crippen LogP contribution in [0.4, 0.5) is 11.4 Å². The molecule has 2 aromatic heterocycles. The Labute approximate surface area is 192 Å². The summed E-state index contributed by atoms with van der Waals surface area (Å²) in [6, 6.07) is 18.3. The second-order valence-electron chi connectivity index (χ2n) is 7.97. The van der Waals surface area contributed by atoms with Gasteiger partial charge in [0.25, 0.3) is 5.91 Å². The van der Waals surface area contributed by atoms with E-state index in [4.69, 9.17) is 4.74 Å². The fourth-order valence-electron chi connectivity index (χ4n) is 3.39. The van der Waals surface area contributed by atoms with E-state index in [0.717, 1.165) is 17.1 Å². The summed E-state index contributed by atoms with van der Waals surface area (Å²) >= 11 is 0. The molecule has 0 unspecified atom stereocenters. The Kier molecular flexibility index (Phi) is 6.08. The monoisotopic (exact) mass is 442 g/mol. The highest BCUT2D eigenvalue weighted by Crippen LogP contribution is 2.24. The van der Waals surface area contributed by atoms with Crippen LogP contribution in [0.1, 0.15) is 27.6 Å². The molecule has 1 N–H and O–H groups in total. The van der Waals surface area contributed by atoms with Crippen molar-refractivity contribution in [1.82, 2.24) is 19.7 Å². The smallest absolute Gasteiger partial charge is 0.255 e. The lowest BCUT2D eigenvalue weighted by atomic mass is 10.2. The van der Waals surface area contributed by atoms with Crippen molar-refractivity contribution in [2.75, 3.05) is 24.3 Å². The number of benzene rings is 2. The first-order valence-corrected chi connectivity index (χ1v) is 10.5. The number of hydrogen-bond donors (Lipinski definition) is 1. The molecule has 0 saturated heterocycles. The van der Waals surface area contributed by atoms with E-state index in [0.29, 0.717) is 34.5 Å². The summed E-state index contributed by atoms with van der Waals surface area (Å²) in [5.74, 6) is 2.07. The molecule has 0 fully saturated rings. The number of ether oxygens (including phenoxy) is 1. The highest BCUT2D eigenvalue weighted by molar-refractivity contribution is 6.04. The number of amides is 1. The SMILES string of the molecule is Cc1cc(C)n(-c2cc(Oc3ccc(NC(=O)c4ccc(N(C)C)cc4)cc3)nc(C)n2)n1. The lowest BCUT2D eigenvalue weighted by molar-refractivity contribution is 0.102. The van der Waals surface area contributed by atoms with Crippen LogP contribution in [0.5, 0.6) is 11.6 Å². The van der Waals surface area contributed by atoms with Crippen molar-refractivity contribution in [1.29, 1.82) is 0 Å². The molecular weight excluding hydrogens is 416 g/mol. The summed E-state index contributed by atoms with van der Waals surface area (Å²) in [6.07, 6.45) is 0.